The standard InChI is InChI=1S/C7H8ClNOS/c1-10-5-2-3-6(9-8)7(11)4-5/h2-4,9,11H,1H3. The molecule has 1 aromatic rings. The topological polar surface area (TPSA) is 21.3 Å². The van der Waals surface area contributed by atoms with Crippen LogP contribution in [0.25, 0.3) is 0 Å². The summed E-state index contributed by atoms with van der Waals surface area (Å²) in [5.41, 5.74) is 0.774. The van der Waals surface area contributed by atoms with Gasteiger partial charge in [0.2, 0.25) is 0 Å². The van der Waals surface area contributed by atoms with E-state index in [4.69, 9.17) is 16.5 Å². The number of thiol groups is 1. The van der Waals surface area contributed by atoms with E-state index in [9.17, 15) is 0 Å². The fourth-order valence-corrected chi connectivity index (χ4v) is 1.21. The first-order valence-corrected chi connectivity index (χ1v) is 3.84. The third kappa shape index (κ3) is 1.94. The molecule has 2 nitrogen and oxygen atoms in total. The number of hydrogen-bond donors (Lipinski definition) is 2. The van der Waals surface area contributed by atoms with Crippen LogP contribution in [-0.2, 0) is 0 Å². The van der Waals surface area contributed by atoms with Crippen molar-refractivity contribution in [3.8, 4) is 5.75 Å². The van der Waals surface area contributed by atoms with Gasteiger partial charge in [-0.2, -0.15) is 0 Å². The van der Waals surface area contributed by atoms with Crippen molar-refractivity contribution in [3.63, 3.8) is 0 Å². The van der Waals surface area contributed by atoms with Crippen molar-refractivity contribution in [3.05, 3.63) is 18.2 Å². The molecular formula is C7H8ClNOS. The van der Waals surface area contributed by atoms with Crippen molar-refractivity contribution in [1.29, 1.82) is 0 Å². The molecule has 0 saturated carbocycles. The Hall–Kier alpha value is -0.540. The first-order valence-electron chi connectivity index (χ1n) is 3.01. The summed E-state index contributed by atoms with van der Waals surface area (Å²) in [6.07, 6.45) is 0. The number of nitrogens with one attached hydrogen (secondary N) is 1. The highest BCUT2D eigenvalue weighted by Gasteiger charge is 1.97. The minimum atomic E-state index is 0.763. The second kappa shape index (κ2) is 3.74. The fraction of sp³-hybridized carbons (Fsp3) is 0.143. The Balaban J connectivity index is 2.99. The van der Waals surface area contributed by atoms with Gasteiger partial charge in [0.1, 0.15) is 5.75 Å². The summed E-state index contributed by atoms with van der Waals surface area (Å²) in [6.45, 7) is 0. The summed E-state index contributed by atoms with van der Waals surface area (Å²) in [6, 6.07) is 5.40. The Kier molecular flexibility index (Phi) is 2.91. The highest BCUT2D eigenvalue weighted by atomic mass is 35.5. The predicted molar refractivity (Wildman–Crippen MR) is 49.7 cm³/mol. The maximum Gasteiger partial charge on any atom is 0.120 e. The van der Waals surface area contributed by atoms with Crippen molar-refractivity contribution < 1.29 is 4.74 Å². The van der Waals surface area contributed by atoms with Crippen LogP contribution >= 0.6 is 24.4 Å². The molecule has 0 saturated heterocycles. The minimum Gasteiger partial charge on any atom is -0.497 e. The van der Waals surface area contributed by atoms with E-state index in [1.165, 1.54) is 0 Å². The van der Waals surface area contributed by atoms with E-state index in [1.807, 2.05) is 6.07 Å². The van der Waals surface area contributed by atoms with Crippen LogP contribution in [0.4, 0.5) is 5.69 Å². The summed E-state index contributed by atoms with van der Waals surface area (Å²) in [7, 11) is 1.61. The largest absolute Gasteiger partial charge is 0.497 e. The van der Waals surface area contributed by atoms with Crippen molar-refractivity contribution in [2.24, 2.45) is 0 Å². The Labute approximate surface area is 76.0 Å². The lowest BCUT2D eigenvalue weighted by atomic mass is 10.3. The van der Waals surface area contributed by atoms with E-state index < -0.39 is 0 Å². The average Bonchev–Trinajstić information content (AvgIpc) is 2.04. The fourth-order valence-electron chi connectivity index (χ4n) is 0.718. The van der Waals surface area contributed by atoms with Gasteiger partial charge in [-0.1, -0.05) is 0 Å². The maximum atomic E-state index is 5.39. The molecule has 1 rings (SSSR count). The molecule has 0 radical (unpaired) electrons. The third-order valence-electron chi connectivity index (χ3n) is 1.31. The van der Waals surface area contributed by atoms with Gasteiger partial charge in [0.25, 0.3) is 0 Å². The first-order chi connectivity index (χ1) is 5.27. The van der Waals surface area contributed by atoms with E-state index >= 15 is 0 Å². The number of hydrogen-bond acceptors (Lipinski definition) is 3. The van der Waals surface area contributed by atoms with Crippen LogP contribution in [0.1, 0.15) is 0 Å². The summed E-state index contributed by atoms with van der Waals surface area (Å²) >= 11 is 9.56. The Morgan fingerprint density at radius 3 is 2.73 bits per heavy atom. The van der Waals surface area contributed by atoms with Crippen LogP contribution in [-0.4, -0.2) is 7.11 Å². The van der Waals surface area contributed by atoms with Gasteiger partial charge in [-0.25, -0.2) is 0 Å². The minimum absolute atomic E-state index is 0.763. The molecule has 0 atom stereocenters. The average molecular weight is 190 g/mol. The normalized spacial score (nSPS) is 9.36. The molecule has 0 amide bonds. The predicted octanol–water partition coefficient (Wildman–Crippen LogP) is 2.55. The Morgan fingerprint density at radius 2 is 2.27 bits per heavy atom. The van der Waals surface area contributed by atoms with Crippen LogP contribution < -0.4 is 9.57 Å². The van der Waals surface area contributed by atoms with Crippen LogP contribution in [0.3, 0.4) is 0 Å². The van der Waals surface area contributed by atoms with Gasteiger partial charge < -0.3 is 4.74 Å². The molecule has 1 N–H and O–H groups in total. The van der Waals surface area contributed by atoms with Gasteiger partial charge in [0, 0.05) is 16.7 Å². The number of rotatable bonds is 2. The highest BCUT2D eigenvalue weighted by molar-refractivity contribution is 7.80. The lowest BCUT2D eigenvalue weighted by molar-refractivity contribution is 0.414. The van der Waals surface area contributed by atoms with Crippen LogP contribution in [0, 0.1) is 0 Å². The van der Waals surface area contributed by atoms with Gasteiger partial charge in [-0.05, 0) is 18.2 Å². The Morgan fingerprint density at radius 1 is 1.55 bits per heavy atom. The summed E-state index contributed by atoms with van der Waals surface area (Å²) < 4.78 is 4.97. The molecule has 0 spiro atoms. The van der Waals surface area contributed by atoms with Gasteiger partial charge in [0.05, 0.1) is 12.8 Å². The first kappa shape index (κ1) is 8.56. The van der Waals surface area contributed by atoms with Crippen molar-refractivity contribution in [2.45, 2.75) is 4.90 Å². The van der Waals surface area contributed by atoms with Crippen LogP contribution in [0.15, 0.2) is 23.1 Å². The molecule has 0 aliphatic heterocycles. The van der Waals surface area contributed by atoms with Gasteiger partial charge in [-0.15, -0.1) is 12.6 Å². The maximum absolute atomic E-state index is 5.39. The van der Waals surface area contributed by atoms with Gasteiger partial charge in [0.15, 0.2) is 0 Å². The number of halogens is 1. The van der Waals surface area contributed by atoms with Gasteiger partial charge >= 0.3 is 0 Å². The van der Waals surface area contributed by atoms with E-state index in [0.717, 1.165) is 16.3 Å². The smallest absolute Gasteiger partial charge is 0.120 e. The Bertz CT molecular complexity index is 254. The zero-order valence-electron chi connectivity index (χ0n) is 5.97. The lowest BCUT2D eigenvalue weighted by Crippen LogP contribution is -1.85. The van der Waals surface area contributed by atoms with E-state index in [1.54, 1.807) is 19.2 Å². The van der Waals surface area contributed by atoms with E-state index in [0.29, 0.717) is 0 Å². The molecular weight excluding hydrogens is 182 g/mol. The molecule has 0 bridgehead atoms. The van der Waals surface area contributed by atoms with Crippen LogP contribution in [0.2, 0.25) is 0 Å². The number of ether oxygens (including phenoxy) is 1. The summed E-state index contributed by atoms with van der Waals surface area (Å²) in [4.78, 5) is 3.25. The molecule has 4 heteroatoms. The second-order valence-corrected chi connectivity index (χ2v) is 2.65. The molecule has 11 heavy (non-hydrogen) atoms. The second-order valence-electron chi connectivity index (χ2n) is 1.98. The highest BCUT2D eigenvalue weighted by Crippen LogP contribution is 2.25. The molecule has 0 fully saturated rings. The quantitative estimate of drug-likeness (QED) is 0.551. The van der Waals surface area contributed by atoms with Crippen LogP contribution in [0.5, 0.6) is 5.75 Å². The zero-order chi connectivity index (χ0) is 8.27. The third-order valence-corrected chi connectivity index (χ3v) is 1.88. The number of benzene rings is 1. The van der Waals surface area contributed by atoms with Gasteiger partial charge in [-0.3, -0.25) is 4.84 Å². The number of anilines is 1. The molecule has 0 heterocycles. The van der Waals surface area contributed by atoms with Crippen molar-refractivity contribution in [2.75, 3.05) is 11.9 Å². The molecule has 0 unspecified atom stereocenters. The number of methoxy groups -OCH3 is 1. The van der Waals surface area contributed by atoms with E-state index in [-0.39, 0.29) is 0 Å². The van der Waals surface area contributed by atoms with Crippen molar-refractivity contribution >= 4 is 30.1 Å². The zero-order valence-corrected chi connectivity index (χ0v) is 7.62. The summed E-state index contributed by atoms with van der Waals surface area (Å²) in [5, 5.41) is 0. The van der Waals surface area contributed by atoms with Crippen molar-refractivity contribution in [1.82, 2.24) is 0 Å². The molecule has 60 valence electrons. The molecule has 1 aromatic carbocycles. The van der Waals surface area contributed by atoms with E-state index in [2.05, 4.69) is 17.5 Å². The summed E-state index contributed by atoms with van der Waals surface area (Å²) in [5.74, 6) is 0.769. The molecule has 0 aromatic heterocycles. The SMILES string of the molecule is COc1ccc(NCl)c(S)c1. The molecule has 0 aliphatic carbocycles. The molecule has 0 aliphatic rings. The lowest BCUT2D eigenvalue weighted by Gasteiger charge is -2.04. The monoisotopic (exact) mass is 189 g/mol.